The molecule has 0 aromatic rings. The molecular weight excluding hydrogens is 276 g/mol. The zero-order chi connectivity index (χ0) is 15.9. The lowest BCUT2D eigenvalue weighted by Crippen LogP contribution is -2.12. The van der Waals surface area contributed by atoms with Crippen LogP contribution in [0.2, 0.25) is 0 Å². The van der Waals surface area contributed by atoms with Crippen LogP contribution in [0.25, 0.3) is 0 Å². The molecule has 0 saturated carbocycles. The molecule has 6 nitrogen and oxygen atoms in total. The van der Waals surface area contributed by atoms with Crippen LogP contribution in [0.4, 0.5) is 0 Å². The summed E-state index contributed by atoms with van der Waals surface area (Å²) in [5.41, 5.74) is 0. The van der Waals surface area contributed by atoms with E-state index in [-0.39, 0.29) is 12.4 Å². The van der Waals surface area contributed by atoms with E-state index in [1.54, 1.807) is 0 Å². The molecule has 0 spiro atoms. The third kappa shape index (κ3) is 14.5. The molecule has 0 heterocycles. The quantitative estimate of drug-likeness (QED) is 0.318. The molecule has 0 aliphatic heterocycles. The maximum absolute atomic E-state index is 11.4. The Morgan fingerprint density at radius 3 is 2.33 bits per heavy atom. The molecule has 0 aliphatic carbocycles. The van der Waals surface area contributed by atoms with E-state index in [2.05, 4.69) is 4.74 Å². The van der Waals surface area contributed by atoms with Crippen molar-refractivity contribution in [3.05, 3.63) is 12.2 Å². The molecule has 21 heavy (non-hydrogen) atoms. The lowest BCUT2D eigenvalue weighted by atomic mass is 10.1. The SMILES string of the molecule is CCOCCCCCCCC(=O)COC(=O)/C=C/C(=O)O. The maximum atomic E-state index is 11.4. The normalized spacial score (nSPS) is 10.7. The van der Waals surface area contributed by atoms with E-state index in [0.717, 1.165) is 51.4 Å². The van der Waals surface area contributed by atoms with Crippen LogP contribution in [0.5, 0.6) is 0 Å². The lowest BCUT2D eigenvalue weighted by Gasteiger charge is -2.03. The van der Waals surface area contributed by atoms with E-state index < -0.39 is 11.9 Å². The van der Waals surface area contributed by atoms with Crippen molar-refractivity contribution in [3.8, 4) is 0 Å². The molecule has 0 saturated heterocycles. The van der Waals surface area contributed by atoms with E-state index in [1.807, 2.05) is 6.92 Å². The minimum Gasteiger partial charge on any atom is -0.478 e. The third-order valence-corrected chi connectivity index (χ3v) is 2.69. The Morgan fingerprint density at radius 1 is 1.00 bits per heavy atom. The number of ether oxygens (including phenoxy) is 2. The first-order valence-electron chi connectivity index (χ1n) is 7.23. The smallest absolute Gasteiger partial charge is 0.331 e. The fraction of sp³-hybridized carbons (Fsp3) is 0.667. The van der Waals surface area contributed by atoms with Crippen LogP contribution in [0.3, 0.4) is 0 Å². The van der Waals surface area contributed by atoms with Gasteiger partial charge in [0.2, 0.25) is 0 Å². The van der Waals surface area contributed by atoms with Crippen molar-refractivity contribution >= 4 is 17.7 Å². The number of hydrogen-bond acceptors (Lipinski definition) is 5. The lowest BCUT2D eigenvalue weighted by molar-refractivity contribution is -0.143. The van der Waals surface area contributed by atoms with Crippen molar-refractivity contribution in [3.63, 3.8) is 0 Å². The third-order valence-electron chi connectivity index (χ3n) is 2.69. The molecule has 0 fully saturated rings. The standard InChI is InChI=1S/C15H24O6/c1-2-20-11-7-5-3-4-6-8-13(16)12-21-15(19)10-9-14(17)18/h9-10H,2-8,11-12H2,1H3,(H,17,18)/b10-9+. The number of carboxylic acids is 1. The molecule has 0 unspecified atom stereocenters. The van der Waals surface area contributed by atoms with Crippen LogP contribution in [0, 0.1) is 0 Å². The fourth-order valence-corrected chi connectivity index (χ4v) is 1.61. The number of carboxylic acid groups (broad SMARTS) is 1. The highest BCUT2D eigenvalue weighted by molar-refractivity contribution is 5.92. The monoisotopic (exact) mass is 300 g/mol. The van der Waals surface area contributed by atoms with Gasteiger partial charge in [0, 0.05) is 31.8 Å². The number of esters is 1. The van der Waals surface area contributed by atoms with Gasteiger partial charge in [-0.25, -0.2) is 9.59 Å². The average molecular weight is 300 g/mol. The highest BCUT2D eigenvalue weighted by Gasteiger charge is 2.05. The summed E-state index contributed by atoms with van der Waals surface area (Å²) in [4.78, 5) is 32.6. The summed E-state index contributed by atoms with van der Waals surface area (Å²) >= 11 is 0. The molecule has 6 heteroatoms. The van der Waals surface area contributed by atoms with E-state index in [9.17, 15) is 14.4 Å². The van der Waals surface area contributed by atoms with Crippen LogP contribution in [0.1, 0.15) is 45.4 Å². The number of aliphatic carboxylic acids is 1. The van der Waals surface area contributed by atoms with Gasteiger partial charge in [0.15, 0.2) is 5.78 Å². The Kier molecular flexibility index (Phi) is 12.2. The van der Waals surface area contributed by atoms with Gasteiger partial charge in [0.05, 0.1) is 0 Å². The highest BCUT2D eigenvalue weighted by atomic mass is 16.5. The predicted molar refractivity (Wildman–Crippen MR) is 76.9 cm³/mol. The first kappa shape index (κ1) is 19.3. The van der Waals surface area contributed by atoms with Crippen LogP contribution in [-0.2, 0) is 23.9 Å². The molecular formula is C15H24O6. The molecule has 0 bridgehead atoms. The first-order valence-corrected chi connectivity index (χ1v) is 7.23. The summed E-state index contributed by atoms with van der Waals surface area (Å²) in [7, 11) is 0. The molecule has 0 aromatic heterocycles. The van der Waals surface area contributed by atoms with Crippen LogP contribution in [-0.4, -0.2) is 42.6 Å². The van der Waals surface area contributed by atoms with Crippen molar-refractivity contribution in [2.45, 2.75) is 45.4 Å². The van der Waals surface area contributed by atoms with Crippen LogP contribution >= 0.6 is 0 Å². The number of unbranched alkanes of at least 4 members (excludes halogenated alkanes) is 4. The van der Waals surface area contributed by atoms with E-state index in [0.29, 0.717) is 12.5 Å². The topological polar surface area (TPSA) is 89.9 Å². The van der Waals surface area contributed by atoms with Gasteiger partial charge in [-0.1, -0.05) is 19.3 Å². The zero-order valence-corrected chi connectivity index (χ0v) is 12.5. The summed E-state index contributed by atoms with van der Waals surface area (Å²) in [6.45, 7) is 3.20. The Bertz CT molecular complexity index is 348. The van der Waals surface area contributed by atoms with Crippen molar-refractivity contribution in [2.75, 3.05) is 19.8 Å². The van der Waals surface area contributed by atoms with Gasteiger partial charge in [-0.15, -0.1) is 0 Å². The van der Waals surface area contributed by atoms with Gasteiger partial charge < -0.3 is 14.6 Å². The molecule has 0 amide bonds. The summed E-state index contributed by atoms with van der Waals surface area (Å²) in [5, 5.41) is 8.31. The van der Waals surface area contributed by atoms with Gasteiger partial charge in [0.25, 0.3) is 0 Å². The number of Topliss-reactive ketones (excluding diaryl/α,β-unsaturated/α-hetero) is 1. The second kappa shape index (κ2) is 13.3. The van der Waals surface area contributed by atoms with E-state index >= 15 is 0 Å². The average Bonchev–Trinajstić information content (AvgIpc) is 2.45. The number of carbonyl (C=O) groups excluding carboxylic acids is 2. The number of rotatable bonds is 13. The second-order valence-corrected chi connectivity index (χ2v) is 4.53. The molecule has 0 rings (SSSR count). The Labute approximate surface area is 125 Å². The minimum absolute atomic E-state index is 0.151. The van der Waals surface area contributed by atoms with Crippen molar-refractivity contribution < 1.29 is 29.0 Å². The second-order valence-electron chi connectivity index (χ2n) is 4.53. The predicted octanol–water partition coefficient (Wildman–Crippen LogP) is 2.12. The summed E-state index contributed by atoms with van der Waals surface area (Å²) < 4.78 is 9.84. The molecule has 0 aromatic carbocycles. The van der Waals surface area contributed by atoms with Crippen LogP contribution in [0.15, 0.2) is 12.2 Å². The number of hydrogen-bond donors (Lipinski definition) is 1. The highest BCUT2D eigenvalue weighted by Crippen LogP contribution is 2.06. The Morgan fingerprint density at radius 2 is 1.67 bits per heavy atom. The van der Waals surface area contributed by atoms with E-state index in [4.69, 9.17) is 9.84 Å². The van der Waals surface area contributed by atoms with Crippen LogP contribution < -0.4 is 0 Å². The molecule has 120 valence electrons. The largest absolute Gasteiger partial charge is 0.478 e. The van der Waals surface area contributed by atoms with Crippen molar-refractivity contribution in [1.29, 1.82) is 0 Å². The van der Waals surface area contributed by atoms with E-state index in [1.165, 1.54) is 0 Å². The van der Waals surface area contributed by atoms with Gasteiger partial charge >= 0.3 is 11.9 Å². The molecule has 0 radical (unpaired) electrons. The van der Waals surface area contributed by atoms with Gasteiger partial charge in [0.1, 0.15) is 6.61 Å². The number of ketones is 1. The minimum atomic E-state index is -1.23. The van der Waals surface area contributed by atoms with Gasteiger partial charge in [-0.2, -0.15) is 0 Å². The summed E-state index contributed by atoms with van der Waals surface area (Å²) in [6, 6.07) is 0. The summed E-state index contributed by atoms with van der Waals surface area (Å²) in [5.74, 6) is -2.20. The Balaban J connectivity index is 3.46. The molecule has 0 aliphatic rings. The van der Waals surface area contributed by atoms with Crippen molar-refractivity contribution in [1.82, 2.24) is 0 Å². The zero-order valence-electron chi connectivity index (χ0n) is 12.5. The maximum Gasteiger partial charge on any atom is 0.331 e. The first-order chi connectivity index (χ1) is 10.1. The van der Waals surface area contributed by atoms with Gasteiger partial charge in [-0.3, -0.25) is 4.79 Å². The fourth-order valence-electron chi connectivity index (χ4n) is 1.61. The van der Waals surface area contributed by atoms with Gasteiger partial charge in [-0.05, 0) is 19.8 Å². The number of carbonyl (C=O) groups is 3. The Hall–Kier alpha value is -1.69. The summed E-state index contributed by atoms with van der Waals surface area (Å²) in [6.07, 6.45) is 6.76. The van der Waals surface area contributed by atoms with Crippen molar-refractivity contribution in [2.24, 2.45) is 0 Å². The molecule has 1 N–H and O–H groups in total. The molecule has 0 atom stereocenters.